The number of nitrogens with zero attached hydrogens (tertiary/aromatic N) is 4. The van der Waals surface area contributed by atoms with Crippen LogP contribution in [0.1, 0.15) is 17.8 Å². The minimum atomic E-state index is -0.387. The number of hydrogen-bond donors (Lipinski definition) is 1. The highest BCUT2D eigenvalue weighted by Crippen LogP contribution is 2.21. The summed E-state index contributed by atoms with van der Waals surface area (Å²) in [6, 6.07) is 12.0. The Balaban J connectivity index is 1.34. The van der Waals surface area contributed by atoms with Gasteiger partial charge in [0.15, 0.2) is 0 Å². The van der Waals surface area contributed by atoms with E-state index >= 15 is 0 Å². The van der Waals surface area contributed by atoms with Crippen molar-refractivity contribution >= 4 is 28.4 Å². The number of aromatic nitrogens is 2. The van der Waals surface area contributed by atoms with E-state index in [9.17, 15) is 13.6 Å². The molecular weight excluding hydrogens is 408 g/mol. The van der Waals surface area contributed by atoms with Gasteiger partial charge >= 0.3 is 6.03 Å². The zero-order valence-electron chi connectivity index (χ0n) is 16.2. The zero-order valence-corrected chi connectivity index (χ0v) is 17.0. The average molecular weight is 429 g/mol. The average Bonchev–Trinajstić information content (AvgIpc) is 3.04. The van der Waals surface area contributed by atoms with Crippen molar-refractivity contribution in [1.82, 2.24) is 14.3 Å². The SMILES string of the molecule is O=C(Nc1cccc(F)c1)N1CCCN(c2nc(Cc3ccc(F)cc3)ns2)CC1. The Labute approximate surface area is 177 Å². The molecule has 156 valence electrons. The summed E-state index contributed by atoms with van der Waals surface area (Å²) in [6.07, 6.45) is 1.34. The first-order valence-corrected chi connectivity index (χ1v) is 10.5. The van der Waals surface area contributed by atoms with Gasteiger partial charge in [0.25, 0.3) is 0 Å². The van der Waals surface area contributed by atoms with Crippen molar-refractivity contribution < 1.29 is 13.6 Å². The molecule has 1 aromatic heterocycles. The summed E-state index contributed by atoms with van der Waals surface area (Å²) in [5.41, 5.74) is 1.40. The van der Waals surface area contributed by atoms with Crippen LogP contribution in [0.4, 0.5) is 24.4 Å². The Morgan fingerprint density at radius 1 is 1.03 bits per heavy atom. The van der Waals surface area contributed by atoms with E-state index in [1.165, 1.54) is 35.8 Å². The third-order valence-corrected chi connectivity index (χ3v) is 5.68. The van der Waals surface area contributed by atoms with Crippen molar-refractivity contribution in [2.24, 2.45) is 0 Å². The molecule has 0 saturated carbocycles. The Kier molecular flexibility index (Phi) is 6.18. The highest BCUT2D eigenvalue weighted by atomic mass is 32.1. The minimum absolute atomic E-state index is 0.239. The zero-order chi connectivity index (χ0) is 20.9. The standard InChI is InChI=1S/C21H21F2N5OS/c22-16-7-5-15(6-8-16)13-19-25-21(30-26-19)28-10-2-9-27(11-12-28)20(29)24-18-4-1-3-17(23)14-18/h1,3-8,14H,2,9-13H2,(H,24,29). The van der Waals surface area contributed by atoms with Gasteiger partial charge in [-0.05, 0) is 42.3 Å². The number of hydrogen-bond acceptors (Lipinski definition) is 5. The normalized spacial score (nSPS) is 14.5. The number of halogens is 2. The molecule has 0 bridgehead atoms. The van der Waals surface area contributed by atoms with E-state index < -0.39 is 0 Å². The summed E-state index contributed by atoms with van der Waals surface area (Å²) < 4.78 is 30.8. The van der Waals surface area contributed by atoms with Crippen LogP contribution in [0.15, 0.2) is 48.5 Å². The van der Waals surface area contributed by atoms with Gasteiger partial charge in [-0.15, -0.1) is 0 Å². The Bertz CT molecular complexity index is 1010. The van der Waals surface area contributed by atoms with E-state index in [1.54, 1.807) is 29.2 Å². The molecule has 2 heterocycles. The second-order valence-corrected chi connectivity index (χ2v) is 7.79. The first kappa shape index (κ1) is 20.2. The topological polar surface area (TPSA) is 61.4 Å². The first-order chi connectivity index (χ1) is 14.6. The number of benzene rings is 2. The second kappa shape index (κ2) is 9.17. The van der Waals surface area contributed by atoms with E-state index in [1.807, 2.05) is 0 Å². The van der Waals surface area contributed by atoms with E-state index in [0.29, 0.717) is 37.6 Å². The first-order valence-electron chi connectivity index (χ1n) is 9.70. The smallest absolute Gasteiger partial charge is 0.321 e. The summed E-state index contributed by atoms with van der Waals surface area (Å²) in [5, 5.41) is 3.57. The number of nitrogens with one attached hydrogen (secondary N) is 1. The van der Waals surface area contributed by atoms with Crippen LogP contribution in [0.3, 0.4) is 0 Å². The van der Waals surface area contributed by atoms with Gasteiger partial charge < -0.3 is 15.1 Å². The Hall–Kier alpha value is -3.07. The fourth-order valence-electron chi connectivity index (χ4n) is 3.31. The van der Waals surface area contributed by atoms with Crippen molar-refractivity contribution in [3.8, 4) is 0 Å². The lowest BCUT2D eigenvalue weighted by Gasteiger charge is -2.22. The van der Waals surface area contributed by atoms with Gasteiger partial charge in [0.05, 0.1) is 0 Å². The van der Waals surface area contributed by atoms with Crippen LogP contribution in [0, 0.1) is 11.6 Å². The van der Waals surface area contributed by atoms with Gasteiger partial charge in [0.1, 0.15) is 17.5 Å². The quantitative estimate of drug-likeness (QED) is 0.677. The van der Waals surface area contributed by atoms with Crippen molar-refractivity contribution in [1.29, 1.82) is 0 Å². The molecule has 1 N–H and O–H groups in total. The predicted octanol–water partition coefficient (Wildman–Crippen LogP) is 4.15. The lowest BCUT2D eigenvalue weighted by Crippen LogP contribution is -2.38. The van der Waals surface area contributed by atoms with Crippen LogP contribution in [0.5, 0.6) is 0 Å². The maximum Gasteiger partial charge on any atom is 0.321 e. The van der Waals surface area contributed by atoms with Gasteiger partial charge in [-0.3, -0.25) is 0 Å². The van der Waals surface area contributed by atoms with Gasteiger partial charge in [0.2, 0.25) is 5.13 Å². The van der Waals surface area contributed by atoms with E-state index in [0.717, 1.165) is 23.7 Å². The molecule has 6 nitrogen and oxygen atoms in total. The number of rotatable bonds is 4. The van der Waals surface area contributed by atoms with Crippen LogP contribution in [-0.4, -0.2) is 46.5 Å². The number of carbonyl (C=O) groups excluding carboxylic acids is 1. The van der Waals surface area contributed by atoms with Crippen LogP contribution in [0.2, 0.25) is 0 Å². The number of amides is 2. The molecule has 1 aliphatic rings. The lowest BCUT2D eigenvalue weighted by atomic mass is 10.1. The molecule has 1 fully saturated rings. The number of anilines is 2. The van der Waals surface area contributed by atoms with Crippen molar-refractivity contribution in [3.63, 3.8) is 0 Å². The van der Waals surface area contributed by atoms with Crippen molar-refractivity contribution in [2.75, 3.05) is 36.4 Å². The van der Waals surface area contributed by atoms with Crippen LogP contribution in [0.25, 0.3) is 0 Å². The molecule has 2 amide bonds. The van der Waals surface area contributed by atoms with Gasteiger partial charge in [-0.2, -0.15) is 4.37 Å². The largest absolute Gasteiger partial charge is 0.345 e. The maximum absolute atomic E-state index is 13.3. The molecule has 0 spiro atoms. The van der Waals surface area contributed by atoms with E-state index in [4.69, 9.17) is 0 Å². The minimum Gasteiger partial charge on any atom is -0.345 e. The predicted molar refractivity (Wildman–Crippen MR) is 113 cm³/mol. The number of carbonyl (C=O) groups is 1. The third-order valence-electron chi connectivity index (χ3n) is 4.86. The molecule has 0 radical (unpaired) electrons. The summed E-state index contributed by atoms with van der Waals surface area (Å²) in [7, 11) is 0. The van der Waals surface area contributed by atoms with Gasteiger partial charge in [0, 0.05) is 49.8 Å². The summed E-state index contributed by atoms with van der Waals surface area (Å²) >= 11 is 1.33. The van der Waals surface area contributed by atoms with E-state index in [-0.39, 0.29) is 17.7 Å². The molecule has 30 heavy (non-hydrogen) atoms. The third kappa shape index (κ3) is 5.10. The van der Waals surface area contributed by atoms with Gasteiger partial charge in [-0.1, -0.05) is 18.2 Å². The van der Waals surface area contributed by atoms with Crippen LogP contribution in [-0.2, 0) is 6.42 Å². The van der Waals surface area contributed by atoms with Crippen molar-refractivity contribution in [2.45, 2.75) is 12.8 Å². The summed E-state index contributed by atoms with van der Waals surface area (Å²) in [6.45, 7) is 2.56. The van der Waals surface area contributed by atoms with Gasteiger partial charge in [-0.25, -0.2) is 18.6 Å². The molecule has 0 aliphatic carbocycles. The van der Waals surface area contributed by atoms with Crippen LogP contribution < -0.4 is 10.2 Å². The van der Waals surface area contributed by atoms with Crippen molar-refractivity contribution in [3.05, 3.63) is 71.6 Å². The van der Waals surface area contributed by atoms with E-state index in [2.05, 4.69) is 19.6 Å². The molecule has 0 unspecified atom stereocenters. The molecule has 0 atom stereocenters. The fourth-order valence-corrected chi connectivity index (χ4v) is 4.05. The molecule has 3 aromatic rings. The Morgan fingerprint density at radius 2 is 1.87 bits per heavy atom. The molecule has 9 heteroatoms. The fraction of sp³-hybridized carbons (Fsp3) is 0.286. The highest BCUT2D eigenvalue weighted by Gasteiger charge is 2.21. The Morgan fingerprint density at radius 3 is 2.67 bits per heavy atom. The molecular formula is C21H21F2N5OS. The lowest BCUT2D eigenvalue weighted by molar-refractivity contribution is 0.215. The summed E-state index contributed by atoms with van der Waals surface area (Å²) in [5.74, 6) is 0.0512. The highest BCUT2D eigenvalue weighted by molar-refractivity contribution is 7.09. The molecule has 2 aromatic carbocycles. The maximum atomic E-state index is 13.3. The van der Waals surface area contributed by atoms with Crippen LogP contribution >= 0.6 is 11.5 Å². The molecule has 1 saturated heterocycles. The molecule has 1 aliphatic heterocycles. The number of urea groups is 1. The summed E-state index contributed by atoms with van der Waals surface area (Å²) in [4.78, 5) is 21.0. The molecule has 4 rings (SSSR count). The second-order valence-electron chi connectivity index (χ2n) is 7.06. The monoisotopic (exact) mass is 429 g/mol.